The van der Waals surface area contributed by atoms with Crippen molar-refractivity contribution in [3.63, 3.8) is 0 Å². The maximum atomic E-state index is 12.5. The van der Waals surface area contributed by atoms with Crippen LogP contribution in [0.3, 0.4) is 0 Å². The summed E-state index contributed by atoms with van der Waals surface area (Å²) in [6.45, 7) is 3.86. The minimum absolute atomic E-state index is 0.103. The number of amides is 2. The van der Waals surface area contributed by atoms with Crippen molar-refractivity contribution in [2.24, 2.45) is 5.92 Å². The van der Waals surface area contributed by atoms with Crippen LogP contribution in [0.1, 0.15) is 25.5 Å². The summed E-state index contributed by atoms with van der Waals surface area (Å²) in [6.07, 6.45) is 3.09. The summed E-state index contributed by atoms with van der Waals surface area (Å²) in [6, 6.07) is 5.51. The Morgan fingerprint density at radius 1 is 1.48 bits per heavy atom. The number of likely N-dealkylation sites (tertiary alicyclic amines) is 1. The van der Waals surface area contributed by atoms with Crippen LogP contribution in [0.5, 0.6) is 0 Å². The second-order valence-electron chi connectivity index (χ2n) is 5.24. The molecule has 6 heteroatoms. The van der Waals surface area contributed by atoms with Crippen LogP contribution in [0.25, 0.3) is 0 Å². The molecule has 0 saturated carbocycles. The molecule has 1 aromatic heterocycles. The molecule has 1 unspecified atom stereocenters. The fourth-order valence-electron chi connectivity index (χ4n) is 2.55. The molecule has 1 aromatic rings. The fourth-order valence-corrected chi connectivity index (χ4v) is 2.55. The van der Waals surface area contributed by atoms with Crippen LogP contribution in [0.4, 0.5) is 4.79 Å². The maximum Gasteiger partial charge on any atom is 0.320 e. The smallest absolute Gasteiger partial charge is 0.320 e. The van der Waals surface area contributed by atoms with Crippen LogP contribution >= 0.6 is 0 Å². The van der Waals surface area contributed by atoms with Gasteiger partial charge in [0.05, 0.1) is 18.2 Å². The Kier molecular flexibility index (Phi) is 5.14. The van der Waals surface area contributed by atoms with Gasteiger partial charge in [-0.3, -0.25) is 9.78 Å². The molecule has 2 heterocycles. The molecule has 6 nitrogen and oxygen atoms in total. The molecule has 1 atom stereocenters. The van der Waals surface area contributed by atoms with Gasteiger partial charge in [0.2, 0.25) is 0 Å². The number of carbonyl (C=O) groups excluding carboxylic acids is 1. The molecule has 1 aliphatic heterocycles. The molecule has 2 amide bonds. The Balaban J connectivity index is 2.00. The van der Waals surface area contributed by atoms with Gasteiger partial charge in [0.15, 0.2) is 0 Å². The number of carbonyl (C=O) groups is 2. The van der Waals surface area contributed by atoms with E-state index in [1.165, 1.54) is 0 Å². The van der Waals surface area contributed by atoms with E-state index in [1.807, 2.05) is 25.1 Å². The summed E-state index contributed by atoms with van der Waals surface area (Å²) >= 11 is 0. The highest BCUT2D eigenvalue weighted by atomic mass is 16.4. The van der Waals surface area contributed by atoms with Crippen molar-refractivity contribution in [3.8, 4) is 0 Å². The number of hydrogen-bond donors (Lipinski definition) is 1. The topological polar surface area (TPSA) is 73.7 Å². The number of nitrogens with zero attached hydrogens (tertiary/aromatic N) is 3. The van der Waals surface area contributed by atoms with Crippen LogP contribution in [-0.4, -0.2) is 51.5 Å². The Hall–Kier alpha value is -2.11. The molecule has 1 saturated heterocycles. The molecule has 2 rings (SSSR count). The van der Waals surface area contributed by atoms with Crippen LogP contribution in [0.2, 0.25) is 0 Å². The second-order valence-corrected chi connectivity index (χ2v) is 5.24. The average molecular weight is 291 g/mol. The van der Waals surface area contributed by atoms with Gasteiger partial charge in [-0.1, -0.05) is 6.07 Å². The van der Waals surface area contributed by atoms with Gasteiger partial charge in [-0.2, -0.15) is 0 Å². The lowest BCUT2D eigenvalue weighted by Gasteiger charge is -2.34. The molecule has 0 spiro atoms. The van der Waals surface area contributed by atoms with E-state index in [-0.39, 0.29) is 6.03 Å². The van der Waals surface area contributed by atoms with Crippen LogP contribution < -0.4 is 0 Å². The fraction of sp³-hybridized carbons (Fsp3) is 0.533. The van der Waals surface area contributed by atoms with Gasteiger partial charge in [-0.25, -0.2) is 4.79 Å². The number of carboxylic acids is 1. The van der Waals surface area contributed by atoms with Crippen LogP contribution in [0.15, 0.2) is 24.4 Å². The number of piperidine rings is 1. The van der Waals surface area contributed by atoms with Gasteiger partial charge >= 0.3 is 12.0 Å². The molecule has 1 aliphatic rings. The first-order chi connectivity index (χ1) is 10.1. The maximum absolute atomic E-state index is 12.5. The lowest BCUT2D eigenvalue weighted by atomic mass is 9.98. The largest absolute Gasteiger partial charge is 0.481 e. The lowest BCUT2D eigenvalue weighted by Crippen LogP contribution is -2.48. The summed E-state index contributed by atoms with van der Waals surface area (Å²) in [5.74, 6) is -1.27. The van der Waals surface area contributed by atoms with E-state index >= 15 is 0 Å². The molecule has 114 valence electrons. The van der Waals surface area contributed by atoms with Crippen molar-refractivity contribution in [3.05, 3.63) is 30.1 Å². The van der Waals surface area contributed by atoms with E-state index in [4.69, 9.17) is 5.11 Å². The van der Waals surface area contributed by atoms with Gasteiger partial charge in [0, 0.05) is 25.8 Å². The van der Waals surface area contributed by atoms with Gasteiger partial charge < -0.3 is 14.9 Å². The molecule has 1 fully saturated rings. The van der Waals surface area contributed by atoms with Crippen molar-refractivity contribution in [1.82, 2.24) is 14.8 Å². The number of urea groups is 1. The van der Waals surface area contributed by atoms with E-state index in [2.05, 4.69) is 4.98 Å². The average Bonchev–Trinajstić information content (AvgIpc) is 2.53. The summed E-state index contributed by atoms with van der Waals surface area (Å²) in [5, 5.41) is 9.11. The highest BCUT2D eigenvalue weighted by Gasteiger charge is 2.30. The van der Waals surface area contributed by atoms with Crippen LogP contribution in [0, 0.1) is 5.92 Å². The monoisotopic (exact) mass is 291 g/mol. The second kappa shape index (κ2) is 7.06. The third kappa shape index (κ3) is 3.93. The van der Waals surface area contributed by atoms with Crippen molar-refractivity contribution in [1.29, 1.82) is 0 Å². The quantitative estimate of drug-likeness (QED) is 0.918. The number of aromatic nitrogens is 1. The molecular weight excluding hydrogens is 270 g/mol. The van der Waals surface area contributed by atoms with Gasteiger partial charge in [0.25, 0.3) is 0 Å². The molecule has 0 bridgehead atoms. The third-order valence-electron chi connectivity index (χ3n) is 3.77. The zero-order chi connectivity index (χ0) is 15.2. The van der Waals surface area contributed by atoms with Crippen LogP contribution in [-0.2, 0) is 11.3 Å². The minimum atomic E-state index is -0.819. The van der Waals surface area contributed by atoms with E-state index in [9.17, 15) is 9.59 Å². The standard InChI is InChI=1S/C15H21N3O3/c1-2-17(11-13-7-3-4-8-16-13)15(21)18-9-5-6-12(10-18)14(19)20/h3-4,7-8,12H,2,5-6,9-11H2,1H3,(H,19,20). The highest BCUT2D eigenvalue weighted by Crippen LogP contribution is 2.18. The summed E-state index contributed by atoms with van der Waals surface area (Å²) in [7, 11) is 0. The first-order valence-electron chi connectivity index (χ1n) is 7.28. The van der Waals surface area contributed by atoms with E-state index in [1.54, 1.807) is 16.0 Å². The first kappa shape index (κ1) is 15.3. The van der Waals surface area contributed by atoms with Crippen molar-refractivity contribution < 1.29 is 14.7 Å². The first-order valence-corrected chi connectivity index (χ1v) is 7.28. The van der Waals surface area contributed by atoms with Crippen molar-refractivity contribution >= 4 is 12.0 Å². The minimum Gasteiger partial charge on any atom is -0.481 e. The molecule has 1 N–H and O–H groups in total. The summed E-state index contributed by atoms with van der Waals surface area (Å²) in [5.41, 5.74) is 0.833. The Morgan fingerprint density at radius 2 is 2.29 bits per heavy atom. The normalized spacial score (nSPS) is 18.3. The lowest BCUT2D eigenvalue weighted by molar-refractivity contribution is -0.143. The van der Waals surface area contributed by atoms with E-state index in [0.717, 1.165) is 12.1 Å². The number of aliphatic carboxylic acids is 1. The van der Waals surface area contributed by atoms with Crippen molar-refractivity contribution in [2.45, 2.75) is 26.3 Å². The molecule has 21 heavy (non-hydrogen) atoms. The van der Waals surface area contributed by atoms with E-state index < -0.39 is 11.9 Å². The number of hydrogen-bond acceptors (Lipinski definition) is 3. The number of pyridine rings is 1. The molecule has 0 aliphatic carbocycles. The highest BCUT2D eigenvalue weighted by molar-refractivity contribution is 5.76. The number of carboxylic acid groups (broad SMARTS) is 1. The van der Waals surface area contributed by atoms with Gasteiger partial charge in [0.1, 0.15) is 0 Å². The Morgan fingerprint density at radius 3 is 2.90 bits per heavy atom. The van der Waals surface area contributed by atoms with E-state index in [0.29, 0.717) is 32.6 Å². The molecular formula is C15H21N3O3. The Labute approximate surface area is 124 Å². The molecule has 0 radical (unpaired) electrons. The predicted molar refractivity (Wildman–Crippen MR) is 77.6 cm³/mol. The van der Waals surface area contributed by atoms with Crippen molar-refractivity contribution in [2.75, 3.05) is 19.6 Å². The van der Waals surface area contributed by atoms with Gasteiger partial charge in [-0.15, -0.1) is 0 Å². The third-order valence-corrected chi connectivity index (χ3v) is 3.77. The zero-order valence-electron chi connectivity index (χ0n) is 12.2. The molecule has 0 aromatic carbocycles. The predicted octanol–water partition coefficient (Wildman–Crippen LogP) is 1.82. The SMILES string of the molecule is CCN(Cc1ccccn1)C(=O)N1CCCC(C(=O)O)C1. The Bertz CT molecular complexity index is 492. The number of rotatable bonds is 4. The van der Waals surface area contributed by atoms with Gasteiger partial charge in [-0.05, 0) is 31.9 Å². The summed E-state index contributed by atoms with van der Waals surface area (Å²) < 4.78 is 0. The zero-order valence-corrected chi connectivity index (χ0v) is 12.2. The summed E-state index contributed by atoms with van der Waals surface area (Å²) in [4.78, 5) is 31.2.